The molecule has 0 aromatic heterocycles. The maximum Gasteiger partial charge on any atom is 0.250 e. The van der Waals surface area contributed by atoms with Gasteiger partial charge in [0, 0.05) is 6.04 Å². The van der Waals surface area contributed by atoms with Crippen molar-refractivity contribution in [1.82, 2.24) is 15.2 Å². The second-order valence-electron chi connectivity index (χ2n) is 4.38. The Balaban J connectivity index is 2.45. The van der Waals surface area contributed by atoms with Crippen LogP contribution in [0.25, 0.3) is 0 Å². The molecule has 0 radical (unpaired) electrons. The van der Waals surface area contributed by atoms with Crippen LogP contribution in [0, 0.1) is 0 Å². The summed E-state index contributed by atoms with van der Waals surface area (Å²) in [5, 5.41) is 0. The molecule has 1 saturated heterocycles. The van der Waals surface area contributed by atoms with E-state index in [4.69, 9.17) is 5.84 Å². The maximum atomic E-state index is 11.4. The third-order valence-electron chi connectivity index (χ3n) is 3.40. The molecular formula is C10H22N4O. The Morgan fingerprint density at radius 2 is 2.07 bits per heavy atom. The van der Waals surface area contributed by atoms with Crippen molar-refractivity contribution in [3.63, 3.8) is 0 Å². The highest BCUT2D eigenvalue weighted by molar-refractivity contribution is 5.80. The molecule has 3 N–H and O–H groups in total. The van der Waals surface area contributed by atoms with Crippen LogP contribution >= 0.6 is 0 Å². The van der Waals surface area contributed by atoms with Gasteiger partial charge in [-0.25, -0.2) is 5.84 Å². The van der Waals surface area contributed by atoms with Gasteiger partial charge >= 0.3 is 0 Å². The maximum absolute atomic E-state index is 11.4. The predicted molar refractivity (Wildman–Crippen MR) is 60.1 cm³/mol. The van der Waals surface area contributed by atoms with Gasteiger partial charge in [0.05, 0.1) is 6.04 Å². The Morgan fingerprint density at radius 1 is 1.53 bits per heavy atom. The molecule has 15 heavy (non-hydrogen) atoms. The topological polar surface area (TPSA) is 61.6 Å². The van der Waals surface area contributed by atoms with Gasteiger partial charge in [-0.3, -0.25) is 15.1 Å². The first-order chi connectivity index (χ1) is 7.06. The van der Waals surface area contributed by atoms with Crippen LogP contribution in [0.5, 0.6) is 0 Å². The van der Waals surface area contributed by atoms with Gasteiger partial charge in [0.1, 0.15) is 0 Å². The van der Waals surface area contributed by atoms with Crippen LogP contribution in [0.15, 0.2) is 0 Å². The number of hydrogen-bond acceptors (Lipinski definition) is 4. The average Bonchev–Trinajstić information content (AvgIpc) is 2.27. The molecule has 1 unspecified atom stereocenters. The number of rotatable bonds is 3. The summed E-state index contributed by atoms with van der Waals surface area (Å²) in [6.07, 6.45) is 2.24. The van der Waals surface area contributed by atoms with Crippen molar-refractivity contribution in [3.05, 3.63) is 0 Å². The first-order valence-corrected chi connectivity index (χ1v) is 5.47. The molecule has 1 heterocycles. The summed E-state index contributed by atoms with van der Waals surface area (Å²) in [7, 11) is 4.13. The van der Waals surface area contributed by atoms with Crippen molar-refractivity contribution in [2.24, 2.45) is 5.84 Å². The second-order valence-corrected chi connectivity index (χ2v) is 4.38. The summed E-state index contributed by atoms with van der Waals surface area (Å²) in [4.78, 5) is 15.8. The minimum Gasteiger partial charge on any atom is -0.306 e. The van der Waals surface area contributed by atoms with E-state index >= 15 is 0 Å². The number of piperidine rings is 1. The Kier molecular flexibility index (Phi) is 4.50. The zero-order chi connectivity index (χ0) is 11.4. The van der Waals surface area contributed by atoms with E-state index in [-0.39, 0.29) is 11.9 Å². The first kappa shape index (κ1) is 12.4. The molecule has 0 aliphatic carbocycles. The molecule has 1 aliphatic heterocycles. The van der Waals surface area contributed by atoms with Gasteiger partial charge in [-0.15, -0.1) is 0 Å². The summed E-state index contributed by atoms with van der Waals surface area (Å²) in [6.45, 7) is 4.10. The number of amides is 1. The van der Waals surface area contributed by atoms with Gasteiger partial charge in [-0.05, 0) is 47.0 Å². The molecule has 1 amide bonds. The van der Waals surface area contributed by atoms with E-state index in [1.807, 2.05) is 14.0 Å². The van der Waals surface area contributed by atoms with Gasteiger partial charge in [0.25, 0.3) is 5.91 Å². The Bertz CT molecular complexity index is 213. The summed E-state index contributed by atoms with van der Waals surface area (Å²) < 4.78 is 0. The third kappa shape index (κ3) is 3.15. The number of carbonyl (C=O) groups excluding carboxylic acids is 1. The largest absolute Gasteiger partial charge is 0.306 e. The lowest BCUT2D eigenvalue weighted by Gasteiger charge is -2.37. The summed E-state index contributed by atoms with van der Waals surface area (Å²) in [5.74, 6) is 5.01. The van der Waals surface area contributed by atoms with Crippen LogP contribution in [0.1, 0.15) is 19.8 Å². The van der Waals surface area contributed by atoms with Crippen LogP contribution < -0.4 is 11.3 Å². The molecule has 1 atom stereocenters. The number of hydrogen-bond donors (Lipinski definition) is 2. The SMILES string of the molecule is CC(C(=O)NN)N(C)C1CCN(C)CC1. The zero-order valence-electron chi connectivity index (χ0n) is 9.86. The van der Waals surface area contributed by atoms with E-state index in [0.29, 0.717) is 6.04 Å². The first-order valence-electron chi connectivity index (χ1n) is 5.47. The molecule has 1 fully saturated rings. The molecule has 1 rings (SSSR count). The van der Waals surface area contributed by atoms with Crippen LogP contribution in [-0.4, -0.2) is 55.0 Å². The van der Waals surface area contributed by atoms with Crippen LogP contribution in [0.2, 0.25) is 0 Å². The molecule has 5 nitrogen and oxygen atoms in total. The lowest BCUT2D eigenvalue weighted by Crippen LogP contribution is -2.52. The Morgan fingerprint density at radius 3 is 2.53 bits per heavy atom. The predicted octanol–water partition coefficient (Wildman–Crippen LogP) is -0.609. The number of hydrazine groups is 1. The third-order valence-corrected chi connectivity index (χ3v) is 3.40. The van der Waals surface area contributed by atoms with Crippen molar-refractivity contribution in [2.75, 3.05) is 27.2 Å². The molecule has 1 aliphatic rings. The molecule has 0 bridgehead atoms. The van der Waals surface area contributed by atoms with E-state index in [2.05, 4.69) is 22.3 Å². The highest BCUT2D eigenvalue weighted by Crippen LogP contribution is 2.16. The quantitative estimate of drug-likeness (QED) is 0.374. The molecule has 0 spiro atoms. The van der Waals surface area contributed by atoms with E-state index in [1.54, 1.807) is 0 Å². The Hall–Kier alpha value is -0.650. The molecule has 88 valence electrons. The number of carbonyl (C=O) groups is 1. The summed E-state index contributed by atoms with van der Waals surface area (Å²) in [6, 6.07) is 0.344. The zero-order valence-corrected chi connectivity index (χ0v) is 9.86. The summed E-state index contributed by atoms with van der Waals surface area (Å²) in [5.41, 5.74) is 2.20. The second kappa shape index (κ2) is 5.44. The van der Waals surface area contributed by atoms with E-state index in [1.165, 1.54) is 0 Å². The lowest BCUT2D eigenvalue weighted by molar-refractivity contribution is -0.126. The normalized spacial score (nSPS) is 21.7. The number of nitrogens with two attached hydrogens (primary N) is 1. The Labute approximate surface area is 91.6 Å². The van der Waals surface area contributed by atoms with Crippen LogP contribution in [-0.2, 0) is 4.79 Å². The van der Waals surface area contributed by atoms with E-state index < -0.39 is 0 Å². The van der Waals surface area contributed by atoms with Crippen molar-refractivity contribution in [2.45, 2.75) is 31.8 Å². The number of likely N-dealkylation sites (N-methyl/N-ethyl adjacent to an activating group) is 1. The van der Waals surface area contributed by atoms with Gasteiger partial charge in [-0.1, -0.05) is 0 Å². The highest BCUT2D eigenvalue weighted by Gasteiger charge is 2.26. The number of nitrogens with one attached hydrogen (secondary N) is 1. The molecule has 0 aromatic carbocycles. The minimum atomic E-state index is -0.150. The molecule has 0 saturated carbocycles. The molecular weight excluding hydrogens is 192 g/mol. The van der Waals surface area contributed by atoms with Gasteiger partial charge in [0.2, 0.25) is 0 Å². The minimum absolute atomic E-state index is 0.114. The van der Waals surface area contributed by atoms with Gasteiger partial charge in [0.15, 0.2) is 0 Å². The fraction of sp³-hybridized carbons (Fsp3) is 0.900. The van der Waals surface area contributed by atoms with Crippen molar-refractivity contribution in [3.8, 4) is 0 Å². The van der Waals surface area contributed by atoms with Crippen LogP contribution in [0.3, 0.4) is 0 Å². The van der Waals surface area contributed by atoms with E-state index in [9.17, 15) is 4.79 Å². The van der Waals surface area contributed by atoms with Crippen molar-refractivity contribution >= 4 is 5.91 Å². The van der Waals surface area contributed by atoms with Crippen molar-refractivity contribution in [1.29, 1.82) is 0 Å². The van der Waals surface area contributed by atoms with Crippen LogP contribution in [0.4, 0.5) is 0 Å². The fourth-order valence-electron chi connectivity index (χ4n) is 2.02. The smallest absolute Gasteiger partial charge is 0.250 e. The standard InChI is InChI=1S/C10H22N4O/c1-8(10(15)12-11)14(3)9-4-6-13(2)7-5-9/h8-9H,4-7,11H2,1-3H3,(H,12,15). The monoisotopic (exact) mass is 214 g/mol. The number of nitrogens with zero attached hydrogens (tertiary/aromatic N) is 2. The molecule has 0 aromatic rings. The number of likely N-dealkylation sites (tertiary alicyclic amines) is 1. The van der Waals surface area contributed by atoms with Crippen molar-refractivity contribution < 1.29 is 4.79 Å². The lowest BCUT2D eigenvalue weighted by atomic mass is 10.0. The van der Waals surface area contributed by atoms with E-state index in [0.717, 1.165) is 25.9 Å². The van der Waals surface area contributed by atoms with Gasteiger partial charge in [-0.2, -0.15) is 0 Å². The summed E-state index contributed by atoms with van der Waals surface area (Å²) >= 11 is 0. The molecule has 5 heteroatoms. The fourth-order valence-corrected chi connectivity index (χ4v) is 2.02. The highest BCUT2D eigenvalue weighted by atomic mass is 16.2. The average molecular weight is 214 g/mol. The van der Waals surface area contributed by atoms with Gasteiger partial charge < -0.3 is 4.90 Å².